The van der Waals surface area contributed by atoms with E-state index in [1.165, 1.54) is 12.1 Å². The number of furan rings is 1. The number of ether oxygens (including phenoxy) is 1. The Hall–Kier alpha value is -4.43. The standard InChI is InChI=1S/C31H30N2O7S/c1-19(2)28(31(35)36)33-41(37,38)25-16-12-22(13-17-25)21-10-14-24(15-11-21)32-30(34)29-20(3)27-23(8-6-18-39-4)7-5-9-26(27)40-29/h5,7,9-17,19,28,33H,18H2,1-4H3,(H,32,34)(H,35,36). The van der Waals surface area contributed by atoms with E-state index < -0.39 is 33.9 Å². The summed E-state index contributed by atoms with van der Waals surface area (Å²) in [7, 11) is -2.45. The molecule has 1 heterocycles. The molecule has 4 rings (SSSR count). The molecule has 41 heavy (non-hydrogen) atoms. The Morgan fingerprint density at radius 3 is 2.22 bits per heavy atom. The summed E-state index contributed by atoms with van der Waals surface area (Å²) in [4.78, 5) is 24.4. The second-order valence-electron chi connectivity index (χ2n) is 9.71. The number of carbonyl (C=O) groups is 2. The highest BCUT2D eigenvalue weighted by Crippen LogP contribution is 2.29. The number of fused-ring (bicyclic) bond motifs is 1. The number of anilines is 1. The third-order valence-electron chi connectivity index (χ3n) is 6.46. The van der Waals surface area contributed by atoms with E-state index in [1.807, 2.05) is 19.1 Å². The van der Waals surface area contributed by atoms with Crippen molar-refractivity contribution < 1.29 is 32.3 Å². The number of aliphatic carboxylic acids is 1. The van der Waals surface area contributed by atoms with Gasteiger partial charge in [-0.3, -0.25) is 9.59 Å². The number of methoxy groups -OCH3 is 1. The number of hydrogen-bond acceptors (Lipinski definition) is 6. The first-order chi connectivity index (χ1) is 19.5. The molecule has 0 spiro atoms. The average molecular weight is 575 g/mol. The maximum atomic E-state index is 13.1. The van der Waals surface area contributed by atoms with Gasteiger partial charge in [0.25, 0.3) is 5.91 Å². The van der Waals surface area contributed by atoms with Crippen molar-refractivity contribution in [3.63, 3.8) is 0 Å². The highest BCUT2D eigenvalue weighted by molar-refractivity contribution is 7.89. The Labute approximate surface area is 238 Å². The van der Waals surface area contributed by atoms with E-state index in [0.717, 1.165) is 22.1 Å². The first-order valence-corrected chi connectivity index (χ1v) is 14.3. The van der Waals surface area contributed by atoms with Crippen LogP contribution in [0.25, 0.3) is 22.1 Å². The number of benzene rings is 3. The molecule has 1 atom stereocenters. The van der Waals surface area contributed by atoms with E-state index in [1.54, 1.807) is 63.4 Å². The quantitative estimate of drug-likeness (QED) is 0.238. The lowest BCUT2D eigenvalue weighted by molar-refractivity contribution is -0.140. The van der Waals surface area contributed by atoms with Crippen LogP contribution < -0.4 is 10.0 Å². The molecule has 10 heteroatoms. The largest absolute Gasteiger partial charge is 0.480 e. The number of carboxylic acids is 1. The molecule has 4 aromatic rings. The van der Waals surface area contributed by atoms with Crippen LogP contribution in [0.2, 0.25) is 0 Å². The summed E-state index contributed by atoms with van der Waals surface area (Å²) in [5.74, 6) is 4.12. The summed E-state index contributed by atoms with van der Waals surface area (Å²) in [5, 5.41) is 12.9. The van der Waals surface area contributed by atoms with Gasteiger partial charge in [-0.25, -0.2) is 8.42 Å². The van der Waals surface area contributed by atoms with Crippen molar-refractivity contribution in [2.45, 2.75) is 31.7 Å². The monoisotopic (exact) mass is 574 g/mol. The van der Waals surface area contributed by atoms with Gasteiger partial charge < -0.3 is 19.6 Å². The number of sulfonamides is 1. The zero-order valence-electron chi connectivity index (χ0n) is 23.0. The van der Waals surface area contributed by atoms with Gasteiger partial charge in [-0.15, -0.1) is 0 Å². The van der Waals surface area contributed by atoms with E-state index in [-0.39, 0.29) is 10.7 Å². The Bertz CT molecular complexity index is 1740. The smallest absolute Gasteiger partial charge is 0.322 e. The van der Waals surface area contributed by atoms with Crippen LogP contribution in [0.15, 0.2) is 76.0 Å². The molecular weight excluding hydrogens is 544 g/mol. The van der Waals surface area contributed by atoms with E-state index in [9.17, 15) is 23.1 Å². The molecule has 0 aliphatic carbocycles. The molecule has 1 amide bonds. The third kappa shape index (κ3) is 6.66. The minimum Gasteiger partial charge on any atom is -0.480 e. The van der Waals surface area contributed by atoms with Gasteiger partial charge in [0.05, 0.1) is 4.90 Å². The van der Waals surface area contributed by atoms with Crippen LogP contribution in [-0.4, -0.2) is 45.2 Å². The normalized spacial score (nSPS) is 12.1. The zero-order valence-corrected chi connectivity index (χ0v) is 23.8. The topological polar surface area (TPSA) is 135 Å². The molecule has 212 valence electrons. The van der Waals surface area contributed by atoms with E-state index in [0.29, 0.717) is 23.4 Å². The number of aryl methyl sites for hydroxylation is 1. The summed E-state index contributed by atoms with van der Waals surface area (Å²) in [6, 6.07) is 17.4. The van der Waals surface area contributed by atoms with Gasteiger partial charge >= 0.3 is 5.97 Å². The van der Waals surface area contributed by atoms with Gasteiger partial charge in [0, 0.05) is 29.3 Å². The van der Waals surface area contributed by atoms with Crippen molar-refractivity contribution in [3.8, 4) is 23.0 Å². The fraction of sp³-hybridized carbons (Fsp3) is 0.226. The van der Waals surface area contributed by atoms with E-state index in [2.05, 4.69) is 21.9 Å². The first kappa shape index (κ1) is 29.6. The van der Waals surface area contributed by atoms with Crippen LogP contribution in [0, 0.1) is 24.7 Å². The SMILES string of the molecule is COCC#Cc1cccc2oc(C(=O)Nc3ccc(-c4ccc(S(=O)(=O)NC(C(=O)O)C(C)C)cc4)cc3)c(C)c12. The van der Waals surface area contributed by atoms with Crippen molar-refractivity contribution in [2.24, 2.45) is 5.92 Å². The van der Waals surface area contributed by atoms with Gasteiger partial charge in [-0.2, -0.15) is 4.72 Å². The lowest BCUT2D eigenvalue weighted by Crippen LogP contribution is -2.44. The number of nitrogens with one attached hydrogen (secondary N) is 2. The van der Waals surface area contributed by atoms with Gasteiger partial charge in [0.2, 0.25) is 10.0 Å². The number of carbonyl (C=O) groups excluding carboxylic acids is 1. The van der Waals surface area contributed by atoms with Crippen LogP contribution in [0.4, 0.5) is 5.69 Å². The molecular formula is C31H30N2O7S. The van der Waals surface area contributed by atoms with Crippen LogP contribution in [0.3, 0.4) is 0 Å². The average Bonchev–Trinajstić information content (AvgIpc) is 3.29. The second kappa shape index (κ2) is 12.4. The first-order valence-electron chi connectivity index (χ1n) is 12.8. The Balaban J connectivity index is 1.49. The highest BCUT2D eigenvalue weighted by Gasteiger charge is 2.28. The Morgan fingerprint density at radius 1 is 1.00 bits per heavy atom. The fourth-order valence-electron chi connectivity index (χ4n) is 4.29. The molecule has 0 bridgehead atoms. The minimum absolute atomic E-state index is 0.0360. The molecule has 0 radical (unpaired) electrons. The van der Waals surface area contributed by atoms with Gasteiger partial charge in [-0.05, 0) is 60.4 Å². The fourth-order valence-corrected chi connectivity index (χ4v) is 5.63. The maximum absolute atomic E-state index is 13.1. The zero-order chi connectivity index (χ0) is 29.7. The Kier molecular flexibility index (Phi) is 8.93. The predicted octanol–water partition coefficient (Wildman–Crippen LogP) is 5.05. The molecule has 9 nitrogen and oxygen atoms in total. The molecule has 1 aromatic heterocycles. The van der Waals surface area contributed by atoms with Crippen LogP contribution in [-0.2, 0) is 19.6 Å². The van der Waals surface area contributed by atoms with Crippen molar-refractivity contribution in [3.05, 3.63) is 83.6 Å². The van der Waals surface area contributed by atoms with Crippen LogP contribution >= 0.6 is 0 Å². The van der Waals surface area contributed by atoms with Crippen LogP contribution in [0.1, 0.15) is 35.5 Å². The van der Waals surface area contributed by atoms with E-state index in [4.69, 9.17) is 9.15 Å². The van der Waals surface area contributed by atoms with Crippen LogP contribution in [0.5, 0.6) is 0 Å². The Morgan fingerprint density at radius 2 is 1.63 bits per heavy atom. The molecule has 3 N–H and O–H groups in total. The molecule has 0 aliphatic heterocycles. The van der Waals surface area contributed by atoms with Crippen molar-refractivity contribution >= 4 is 38.6 Å². The van der Waals surface area contributed by atoms with Gasteiger partial charge in [-0.1, -0.05) is 56.0 Å². The summed E-state index contributed by atoms with van der Waals surface area (Å²) in [6.07, 6.45) is 0. The highest BCUT2D eigenvalue weighted by atomic mass is 32.2. The second-order valence-corrected chi connectivity index (χ2v) is 11.4. The summed E-state index contributed by atoms with van der Waals surface area (Å²) >= 11 is 0. The summed E-state index contributed by atoms with van der Waals surface area (Å²) < 4.78 is 38.5. The summed E-state index contributed by atoms with van der Waals surface area (Å²) in [5.41, 5.74) is 4.09. The molecule has 0 saturated carbocycles. The number of amides is 1. The molecule has 0 saturated heterocycles. The van der Waals surface area contributed by atoms with E-state index >= 15 is 0 Å². The molecule has 0 fully saturated rings. The third-order valence-corrected chi connectivity index (χ3v) is 7.91. The number of rotatable bonds is 9. The maximum Gasteiger partial charge on any atom is 0.322 e. The van der Waals surface area contributed by atoms with Gasteiger partial charge in [0.15, 0.2) is 5.76 Å². The molecule has 0 aliphatic rings. The van der Waals surface area contributed by atoms with Crippen molar-refractivity contribution in [1.29, 1.82) is 0 Å². The summed E-state index contributed by atoms with van der Waals surface area (Å²) in [6.45, 7) is 5.37. The lowest BCUT2D eigenvalue weighted by Gasteiger charge is -2.18. The lowest BCUT2D eigenvalue weighted by atomic mass is 10.0. The predicted molar refractivity (Wildman–Crippen MR) is 156 cm³/mol. The van der Waals surface area contributed by atoms with Crippen molar-refractivity contribution in [1.82, 2.24) is 4.72 Å². The molecule has 3 aromatic carbocycles. The number of carboxylic acid groups (broad SMARTS) is 1. The van der Waals surface area contributed by atoms with Crippen molar-refractivity contribution in [2.75, 3.05) is 19.0 Å². The molecule has 1 unspecified atom stereocenters. The minimum atomic E-state index is -4.02. The number of hydrogen-bond donors (Lipinski definition) is 3. The van der Waals surface area contributed by atoms with Gasteiger partial charge in [0.1, 0.15) is 18.2 Å².